The second kappa shape index (κ2) is 10.1. The summed E-state index contributed by atoms with van der Waals surface area (Å²) in [6, 6.07) is 19.6. The van der Waals surface area contributed by atoms with Crippen molar-refractivity contribution < 1.29 is 9.53 Å². The van der Waals surface area contributed by atoms with E-state index in [9.17, 15) is 4.79 Å². The van der Waals surface area contributed by atoms with Gasteiger partial charge in [0.2, 0.25) is 0 Å². The summed E-state index contributed by atoms with van der Waals surface area (Å²) in [4.78, 5) is 14.7. The fourth-order valence-electron chi connectivity index (χ4n) is 3.38. The minimum atomic E-state index is -0.0731. The average Bonchev–Trinajstić information content (AvgIpc) is 2.72. The van der Waals surface area contributed by atoms with E-state index in [-0.39, 0.29) is 5.78 Å². The van der Waals surface area contributed by atoms with Crippen LogP contribution in [0.25, 0.3) is 17.2 Å². The summed E-state index contributed by atoms with van der Waals surface area (Å²) in [5.74, 6) is 0.687. The summed E-state index contributed by atoms with van der Waals surface area (Å²) in [5.41, 5.74) is 12.5. The van der Waals surface area contributed by atoms with Gasteiger partial charge in [0.15, 0.2) is 5.78 Å². The van der Waals surface area contributed by atoms with E-state index >= 15 is 0 Å². The maximum absolute atomic E-state index is 12.6. The van der Waals surface area contributed by atoms with Gasteiger partial charge >= 0.3 is 0 Å². The Morgan fingerprint density at radius 1 is 0.935 bits per heavy atom. The van der Waals surface area contributed by atoms with Crippen molar-refractivity contribution in [2.45, 2.75) is 13.8 Å². The van der Waals surface area contributed by atoms with Crippen molar-refractivity contribution in [3.63, 3.8) is 0 Å². The van der Waals surface area contributed by atoms with Gasteiger partial charge in [-0.1, -0.05) is 35.4 Å². The highest BCUT2D eigenvalue weighted by molar-refractivity contribution is 6.07. The van der Waals surface area contributed by atoms with Crippen molar-refractivity contribution >= 4 is 17.5 Å². The van der Waals surface area contributed by atoms with Crippen LogP contribution in [0.3, 0.4) is 0 Å². The molecule has 0 heterocycles. The van der Waals surface area contributed by atoms with Gasteiger partial charge in [0.25, 0.3) is 0 Å². The van der Waals surface area contributed by atoms with E-state index in [0.29, 0.717) is 17.9 Å². The molecule has 3 aromatic carbocycles. The number of nitrogens with two attached hydrogens (primary N) is 1. The zero-order valence-electron chi connectivity index (χ0n) is 18.7. The minimum absolute atomic E-state index is 0.0731. The Morgan fingerprint density at radius 3 is 2.26 bits per heavy atom. The Morgan fingerprint density at radius 2 is 1.61 bits per heavy atom. The molecule has 3 aromatic rings. The van der Waals surface area contributed by atoms with Crippen LogP contribution in [-0.2, 0) is 0 Å². The molecule has 0 unspecified atom stereocenters. The van der Waals surface area contributed by atoms with Gasteiger partial charge in [0.05, 0.1) is 0 Å². The second-order valence-electron chi connectivity index (χ2n) is 8.10. The Bertz CT molecular complexity index is 1060. The number of anilines is 1. The quantitative estimate of drug-likeness (QED) is 0.305. The van der Waals surface area contributed by atoms with Crippen LogP contribution in [0.15, 0.2) is 66.7 Å². The second-order valence-corrected chi connectivity index (χ2v) is 8.10. The molecule has 4 nitrogen and oxygen atoms in total. The molecule has 0 aromatic heterocycles. The lowest BCUT2D eigenvalue weighted by Crippen LogP contribution is -2.19. The molecule has 0 saturated carbocycles. The highest BCUT2D eigenvalue weighted by atomic mass is 16.5. The number of nitrogens with zero attached hydrogens (tertiary/aromatic N) is 1. The molecule has 0 aliphatic heterocycles. The van der Waals surface area contributed by atoms with E-state index in [2.05, 4.69) is 49.1 Å². The fraction of sp³-hybridized carbons (Fsp3) is 0.222. The largest absolute Gasteiger partial charge is 0.492 e. The van der Waals surface area contributed by atoms with Crippen LogP contribution < -0.4 is 10.5 Å². The molecule has 160 valence electrons. The number of carbonyl (C=O) groups is 1. The van der Waals surface area contributed by atoms with Gasteiger partial charge < -0.3 is 15.4 Å². The van der Waals surface area contributed by atoms with Gasteiger partial charge in [-0.2, -0.15) is 0 Å². The van der Waals surface area contributed by atoms with Crippen LogP contribution in [0, 0.1) is 13.8 Å². The number of nitrogen functional groups attached to an aromatic ring is 1. The average molecular weight is 415 g/mol. The Labute approximate surface area is 185 Å². The predicted molar refractivity (Wildman–Crippen MR) is 130 cm³/mol. The molecular weight excluding hydrogens is 384 g/mol. The van der Waals surface area contributed by atoms with Crippen LogP contribution in [0.2, 0.25) is 0 Å². The van der Waals surface area contributed by atoms with Gasteiger partial charge in [-0.05, 0) is 87.6 Å². The zero-order chi connectivity index (χ0) is 22.4. The first-order valence-electron chi connectivity index (χ1n) is 10.4. The van der Waals surface area contributed by atoms with Crippen LogP contribution in [0.4, 0.5) is 5.69 Å². The van der Waals surface area contributed by atoms with E-state index in [0.717, 1.165) is 29.0 Å². The smallest absolute Gasteiger partial charge is 0.185 e. The Hall–Kier alpha value is -3.37. The number of hydrogen-bond acceptors (Lipinski definition) is 4. The molecule has 2 N–H and O–H groups in total. The normalized spacial score (nSPS) is 11.3. The first kappa shape index (κ1) is 22.3. The molecule has 0 bridgehead atoms. The van der Waals surface area contributed by atoms with Gasteiger partial charge in [0.1, 0.15) is 12.4 Å². The lowest BCUT2D eigenvalue weighted by Gasteiger charge is -2.14. The first-order chi connectivity index (χ1) is 14.8. The molecule has 0 aliphatic carbocycles. The van der Waals surface area contributed by atoms with Gasteiger partial charge in [-0.25, -0.2) is 0 Å². The molecule has 0 fully saturated rings. The maximum Gasteiger partial charge on any atom is 0.185 e. The molecule has 31 heavy (non-hydrogen) atoms. The molecule has 4 heteroatoms. The molecule has 0 spiro atoms. The molecular formula is C27H30N2O2. The summed E-state index contributed by atoms with van der Waals surface area (Å²) in [5, 5.41) is 0. The van der Waals surface area contributed by atoms with E-state index in [1.807, 2.05) is 26.2 Å². The predicted octanol–water partition coefficient (Wildman–Crippen LogP) is 5.39. The van der Waals surface area contributed by atoms with Crippen molar-refractivity contribution in [1.29, 1.82) is 0 Å². The van der Waals surface area contributed by atoms with E-state index in [1.54, 1.807) is 30.3 Å². The SMILES string of the molecule is Cc1cc(C)cc(-c2ccc(OCCN(C)C)c(/C=C/C(=O)c3ccc(N)cc3)c2)c1. The number of aryl methyl sites for hydroxylation is 2. The van der Waals surface area contributed by atoms with Crippen molar-refractivity contribution in [3.8, 4) is 16.9 Å². The van der Waals surface area contributed by atoms with Crippen molar-refractivity contribution in [2.24, 2.45) is 0 Å². The van der Waals surface area contributed by atoms with Crippen LogP contribution in [0.5, 0.6) is 5.75 Å². The molecule has 0 saturated heterocycles. The highest BCUT2D eigenvalue weighted by Gasteiger charge is 2.08. The number of rotatable bonds is 8. The number of ketones is 1. The van der Waals surface area contributed by atoms with Gasteiger partial charge in [0, 0.05) is 23.4 Å². The summed E-state index contributed by atoms with van der Waals surface area (Å²) in [7, 11) is 4.03. The monoisotopic (exact) mass is 414 g/mol. The number of carbonyl (C=O) groups excluding carboxylic acids is 1. The van der Waals surface area contributed by atoms with E-state index < -0.39 is 0 Å². The van der Waals surface area contributed by atoms with Crippen molar-refractivity contribution in [2.75, 3.05) is 33.0 Å². The minimum Gasteiger partial charge on any atom is -0.492 e. The third-order valence-electron chi connectivity index (χ3n) is 4.97. The Kier molecular flexibility index (Phi) is 7.27. The topological polar surface area (TPSA) is 55.6 Å². The summed E-state index contributed by atoms with van der Waals surface area (Å²) in [6.07, 6.45) is 3.42. The number of benzene rings is 3. The standard InChI is InChI=1S/C27H30N2O2/c1-19-15-20(2)17-24(16-19)22-8-12-27(31-14-13-29(3)4)23(18-22)7-11-26(30)21-5-9-25(28)10-6-21/h5-12,15-18H,13-14,28H2,1-4H3/b11-7+. The van der Waals surface area contributed by atoms with E-state index in [4.69, 9.17) is 10.5 Å². The summed E-state index contributed by atoms with van der Waals surface area (Å²) < 4.78 is 6.02. The van der Waals surface area contributed by atoms with Crippen LogP contribution in [0.1, 0.15) is 27.0 Å². The van der Waals surface area contributed by atoms with E-state index in [1.165, 1.54) is 11.1 Å². The van der Waals surface area contributed by atoms with Crippen molar-refractivity contribution in [1.82, 2.24) is 4.90 Å². The molecule has 0 atom stereocenters. The van der Waals surface area contributed by atoms with Crippen LogP contribution in [-0.4, -0.2) is 37.9 Å². The number of ether oxygens (including phenoxy) is 1. The summed E-state index contributed by atoms with van der Waals surface area (Å²) in [6.45, 7) is 5.58. The Balaban J connectivity index is 1.92. The lowest BCUT2D eigenvalue weighted by atomic mass is 9.98. The third kappa shape index (κ3) is 6.30. The lowest BCUT2D eigenvalue weighted by molar-refractivity contribution is 0.104. The van der Waals surface area contributed by atoms with Crippen molar-refractivity contribution in [3.05, 3.63) is 89.0 Å². The first-order valence-corrected chi connectivity index (χ1v) is 10.4. The summed E-state index contributed by atoms with van der Waals surface area (Å²) >= 11 is 0. The zero-order valence-corrected chi connectivity index (χ0v) is 18.7. The maximum atomic E-state index is 12.6. The molecule has 0 radical (unpaired) electrons. The van der Waals surface area contributed by atoms with Gasteiger partial charge in [-0.15, -0.1) is 0 Å². The fourth-order valence-corrected chi connectivity index (χ4v) is 3.38. The third-order valence-corrected chi connectivity index (χ3v) is 4.97. The highest BCUT2D eigenvalue weighted by Crippen LogP contribution is 2.29. The molecule has 3 rings (SSSR count). The molecule has 0 aliphatic rings. The number of likely N-dealkylation sites (N-methyl/N-ethyl adjacent to an activating group) is 1. The number of allylic oxidation sites excluding steroid dienone is 1. The number of hydrogen-bond donors (Lipinski definition) is 1. The van der Waals surface area contributed by atoms with Crippen LogP contribution >= 0.6 is 0 Å². The molecule has 0 amide bonds. The van der Waals surface area contributed by atoms with Gasteiger partial charge in [-0.3, -0.25) is 4.79 Å².